The molecule has 2 heterocycles. The van der Waals surface area contributed by atoms with Gasteiger partial charge in [0.15, 0.2) is 0 Å². The third-order valence-electron chi connectivity index (χ3n) is 3.99. The van der Waals surface area contributed by atoms with Crippen LogP contribution in [0, 0.1) is 5.82 Å². The molecule has 9 heteroatoms. The van der Waals surface area contributed by atoms with E-state index in [9.17, 15) is 27.5 Å². The highest BCUT2D eigenvalue weighted by Gasteiger charge is 2.64. The summed E-state index contributed by atoms with van der Waals surface area (Å²) in [7, 11) is 0. The molecule has 0 aliphatic heterocycles. The van der Waals surface area contributed by atoms with E-state index in [0.717, 1.165) is 22.8 Å². The predicted molar refractivity (Wildman–Crippen MR) is 87.6 cm³/mol. The number of esters is 1. The number of pyridine rings is 1. The number of aromatic nitrogens is 2. The minimum absolute atomic E-state index is 0.0149. The number of ether oxygens (including phenoxy) is 1. The number of hydrogen-bond acceptors (Lipinski definition) is 4. The van der Waals surface area contributed by atoms with Gasteiger partial charge in [-0.1, -0.05) is 6.07 Å². The highest BCUT2D eigenvalue weighted by molar-refractivity contribution is 5.88. The van der Waals surface area contributed by atoms with Crippen LogP contribution < -0.4 is 0 Å². The molecule has 0 bridgehead atoms. The monoisotopic (exact) mass is 382 g/mol. The van der Waals surface area contributed by atoms with Crippen LogP contribution in [0.2, 0.25) is 0 Å². The minimum atomic E-state index is -5.39. The molecule has 1 aromatic carbocycles. The Morgan fingerprint density at radius 2 is 1.96 bits per heavy atom. The van der Waals surface area contributed by atoms with Gasteiger partial charge >= 0.3 is 12.1 Å². The van der Waals surface area contributed by atoms with Crippen molar-refractivity contribution in [2.45, 2.75) is 18.7 Å². The maximum atomic E-state index is 13.8. The molecule has 5 nitrogen and oxygen atoms in total. The number of carbonyl (C=O) groups excluding carboxylic acids is 1. The topological polar surface area (TPSA) is 64.3 Å². The maximum Gasteiger partial charge on any atom is 0.434 e. The Kier molecular flexibility index (Phi) is 4.64. The fraction of sp³-hybridized carbons (Fsp3) is 0.222. The Balaban J connectivity index is 2.40. The van der Waals surface area contributed by atoms with E-state index < -0.39 is 29.3 Å². The number of carbonyl (C=O) groups is 1. The lowest BCUT2D eigenvalue weighted by molar-refractivity contribution is -0.269. The van der Waals surface area contributed by atoms with E-state index in [0.29, 0.717) is 0 Å². The smallest absolute Gasteiger partial charge is 0.434 e. The first-order valence-electron chi connectivity index (χ1n) is 7.89. The molecule has 142 valence electrons. The molecule has 0 amide bonds. The summed E-state index contributed by atoms with van der Waals surface area (Å²) in [6.07, 6.45) is -4.05. The van der Waals surface area contributed by atoms with Gasteiger partial charge in [-0.3, -0.25) is 4.57 Å². The average Bonchev–Trinajstić information content (AvgIpc) is 2.99. The van der Waals surface area contributed by atoms with Crippen molar-refractivity contribution in [2.24, 2.45) is 0 Å². The van der Waals surface area contributed by atoms with Crippen molar-refractivity contribution in [3.8, 4) is 5.82 Å². The van der Waals surface area contributed by atoms with Gasteiger partial charge in [0.05, 0.1) is 17.8 Å². The van der Waals surface area contributed by atoms with E-state index in [1.165, 1.54) is 31.3 Å². The van der Waals surface area contributed by atoms with E-state index >= 15 is 0 Å². The zero-order valence-corrected chi connectivity index (χ0v) is 14.0. The van der Waals surface area contributed by atoms with Crippen LogP contribution in [0.4, 0.5) is 17.6 Å². The SMILES string of the molecule is CCOC(=O)C(O)(c1cc2cc(F)ccc2n1-c1ccccn1)C(F)(F)F. The number of alkyl halides is 3. The molecule has 27 heavy (non-hydrogen) atoms. The fourth-order valence-corrected chi connectivity index (χ4v) is 2.79. The largest absolute Gasteiger partial charge is 0.463 e. The van der Waals surface area contributed by atoms with E-state index in [4.69, 9.17) is 0 Å². The van der Waals surface area contributed by atoms with Crippen LogP contribution in [0.25, 0.3) is 16.7 Å². The van der Waals surface area contributed by atoms with Crippen molar-refractivity contribution in [3.63, 3.8) is 0 Å². The van der Waals surface area contributed by atoms with Gasteiger partial charge < -0.3 is 9.84 Å². The highest BCUT2D eigenvalue weighted by Crippen LogP contribution is 2.43. The lowest BCUT2D eigenvalue weighted by atomic mass is 9.98. The van der Waals surface area contributed by atoms with E-state index in [1.54, 1.807) is 6.07 Å². The lowest BCUT2D eigenvalue weighted by Crippen LogP contribution is -2.51. The number of halogens is 4. The Hall–Kier alpha value is -2.94. The van der Waals surface area contributed by atoms with Gasteiger partial charge in [0.2, 0.25) is 0 Å². The Morgan fingerprint density at radius 1 is 1.22 bits per heavy atom. The molecule has 2 aromatic heterocycles. The van der Waals surface area contributed by atoms with E-state index in [-0.39, 0.29) is 23.3 Å². The van der Waals surface area contributed by atoms with Crippen molar-refractivity contribution in [3.05, 3.63) is 60.2 Å². The number of aliphatic hydroxyl groups is 1. The molecule has 0 aliphatic rings. The summed E-state index contributed by atoms with van der Waals surface area (Å²) in [4.78, 5) is 16.1. The van der Waals surface area contributed by atoms with Gasteiger partial charge in [0, 0.05) is 11.6 Å². The third-order valence-corrected chi connectivity index (χ3v) is 3.99. The number of hydrogen-bond donors (Lipinski definition) is 1. The van der Waals surface area contributed by atoms with Gasteiger partial charge in [0.1, 0.15) is 11.6 Å². The standard InChI is InChI=1S/C18H14F4N2O3/c1-2-27-16(25)17(26,18(20,21)22)14-10-11-9-12(19)6-7-13(11)24(14)15-5-3-4-8-23-15/h3-10,26H,2H2,1H3. The highest BCUT2D eigenvalue weighted by atomic mass is 19.4. The average molecular weight is 382 g/mol. The van der Waals surface area contributed by atoms with Crippen molar-refractivity contribution in [1.29, 1.82) is 0 Å². The molecule has 0 spiro atoms. The Bertz CT molecular complexity index is 985. The molecule has 0 saturated heterocycles. The zero-order valence-electron chi connectivity index (χ0n) is 14.0. The second-order valence-corrected chi connectivity index (χ2v) is 5.68. The van der Waals surface area contributed by atoms with Gasteiger partial charge in [-0.05, 0) is 43.3 Å². The second-order valence-electron chi connectivity index (χ2n) is 5.68. The number of benzene rings is 1. The molecule has 3 rings (SSSR count). The summed E-state index contributed by atoms with van der Waals surface area (Å²) in [6.45, 7) is 0.952. The second kappa shape index (κ2) is 6.66. The number of fused-ring (bicyclic) bond motifs is 1. The summed E-state index contributed by atoms with van der Waals surface area (Å²) in [6, 6.07) is 8.67. The molecule has 1 unspecified atom stereocenters. The molecule has 1 atom stereocenters. The van der Waals surface area contributed by atoms with Gasteiger partial charge in [0.25, 0.3) is 5.60 Å². The molecular formula is C18H14F4N2O3. The van der Waals surface area contributed by atoms with Crippen LogP contribution in [-0.4, -0.2) is 33.4 Å². The van der Waals surface area contributed by atoms with Crippen molar-refractivity contribution >= 4 is 16.9 Å². The number of nitrogens with zero attached hydrogens (tertiary/aromatic N) is 2. The Labute approximate surface area is 150 Å². The lowest BCUT2D eigenvalue weighted by Gasteiger charge is -2.29. The van der Waals surface area contributed by atoms with Crippen molar-refractivity contribution < 1.29 is 32.2 Å². The Morgan fingerprint density at radius 3 is 2.56 bits per heavy atom. The first-order chi connectivity index (χ1) is 12.7. The molecule has 3 aromatic rings. The van der Waals surface area contributed by atoms with E-state index in [2.05, 4.69) is 9.72 Å². The van der Waals surface area contributed by atoms with Crippen LogP contribution in [0.1, 0.15) is 12.6 Å². The quantitative estimate of drug-likeness (QED) is 0.554. The molecule has 0 fully saturated rings. The van der Waals surface area contributed by atoms with Crippen LogP contribution in [0.5, 0.6) is 0 Å². The maximum absolute atomic E-state index is 13.8. The van der Waals surface area contributed by atoms with Crippen LogP contribution in [0.15, 0.2) is 48.7 Å². The number of rotatable bonds is 4. The summed E-state index contributed by atoms with van der Waals surface area (Å²) in [5.74, 6) is -2.54. The van der Waals surface area contributed by atoms with Crippen LogP contribution in [-0.2, 0) is 15.1 Å². The van der Waals surface area contributed by atoms with Gasteiger partial charge in [-0.25, -0.2) is 14.2 Å². The predicted octanol–water partition coefficient (Wildman–Crippen LogP) is 3.48. The summed E-state index contributed by atoms with van der Waals surface area (Å²) in [5.41, 5.74) is -4.67. The molecule has 1 N–H and O–H groups in total. The summed E-state index contributed by atoms with van der Waals surface area (Å²) >= 11 is 0. The van der Waals surface area contributed by atoms with Crippen molar-refractivity contribution in [2.75, 3.05) is 6.61 Å². The van der Waals surface area contributed by atoms with Gasteiger partial charge in [-0.15, -0.1) is 0 Å². The van der Waals surface area contributed by atoms with Crippen LogP contribution >= 0.6 is 0 Å². The normalized spacial score (nSPS) is 14.1. The first-order valence-corrected chi connectivity index (χ1v) is 7.89. The van der Waals surface area contributed by atoms with E-state index in [1.807, 2.05) is 0 Å². The third kappa shape index (κ3) is 3.03. The molecule has 0 radical (unpaired) electrons. The molecule has 0 saturated carbocycles. The minimum Gasteiger partial charge on any atom is -0.463 e. The first kappa shape index (κ1) is 18.8. The summed E-state index contributed by atoms with van der Waals surface area (Å²) in [5, 5.41) is 10.5. The van der Waals surface area contributed by atoms with Crippen LogP contribution in [0.3, 0.4) is 0 Å². The fourth-order valence-electron chi connectivity index (χ4n) is 2.79. The molecule has 0 aliphatic carbocycles. The zero-order chi connectivity index (χ0) is 19.8. The summed E-state index contributed by atoms with van der Waals surface area (Å²) < 4.78 is 60.5. The van der Waals surface area contributed by atoms with Crippen molar-refractivity contribution in [1.82, 2.24) is 9.55 Å². The molecular weight excluding hydrogens is 368 g/mol. The van der Waals surface area contributed by atoms with Gasteiger partial charge in [-0.2, -0.15) is 13.2 Å².